The number of nitrogens with two attached hydrogens (primary N) is 1. The van der Waals surface area contributed by atoms with Gasteiger partial charge in [0.2, 0.25) is 17.7 Å². The van der Waals surface area contributed by atoms with Crippen LogP contribution in [0.15, 0.2) is 36.8 Å². The molecule has 0 fully saturated rings. The number of aromatic hydroxyl groups is 1. The maximum atomic E-state index is 13.0. The molecule has 4 atom stereocenters. The van der Waals surface area contributed by atoms with E-state index in [9.17, 15) is 29.4 Å². The molecule has 0 aliphatic rings. The highest BCUT2D eigenvalue weighted by Gasteiger charge is 2.29. The molecule has 0 aliphatic carbocycles. The Hall–Kier alpha value is -3.97. The van der Waals surface area contributed by atoms with Crippen molar-refractivity contribution in [1.29, 1.82) is 0 Å². The van der Waals surface area contributed by atoms with Gasteiger partial charge in [0.25, 0.3) is 0 Å². The van der Waals surface area contributed by atoms with E-state index in [4.69, 9.17) is 10.8 Å². The van der Waals surface area contributed by atoms with Crippen molar-refractivity contribution in [2.24, 2.45) is 5.73 Å². The van der Waals surface area contributed by atoms with E-state index in [1.807, 2.05) is 0 Å². The number of aliphatic hydroxyl groups excluding tert-OH is 1. The highest BCUT2D eigenvalue weighted by molar-refractivity contribution is 5.94. The molecule has 0 spiro atoms. The van der Waals surface area contributed by atoms with E-state index in [1.54, 1.807) is 0 Å². The number of aromatic amines is 1. The molecule has 0 bridgehead atoms. The summed E-state index contributed by atoms with van der Waals surface area (Å²) in [7, 11) is 0. The van der Waals surface area contributed by atoms with E-state index in [2.05, 4.69) is 25.9 Å². The number of aromatic nitrogens is 2. The molecular formula is C21H28N6O7. The van der Waals surface area contributed by atoms with Crippen LogP contribution in [0.1, 0.15) is 18.2 Å². The number of imidazole rings is 1. The number of carbonyl (C=O) groups excluding carboxylic acids is 3. The first-order valence-electron chi connectivity index (χ1n) is 10.4. The summed E-state index contributed by atoms with van der Waals surface area (Å²) in [6.07, 6.45) is 2.75. The number of H-pyrrole nitrogens is 1. The van der Waals surface area contributed by atoms with Crippen LogP contribution in [0.3, 0.4) is 0 Å². The Balaban J connectivity index is 2.12. The van der Waals surface area contributed by atoms with E-state index in [1.165, 1.54) is 43.7 Å². The number of carboxylic acids is 1. The van der Waals surface area contributed by atoms with Gasteiger partial charge in [-0.1, -0.05) is 12.1 Å². The van der Waals surface area contributed by atoms with E-state index < -0.39 is 54.5 Å². The second-order valence-electron chi connectivity index (χ2n) is 7.63. The van der Waals surface area contributed by atoms with E-state index in [0.29, 0.717) is 11.3 Å². The predicted molar refractivity (Wildman–Crippen MR) is 118 cm³/mol. The number of amides is 3. The number of hydrogen-bond acceptors (Lipinski definition) is 8. The molecule has 1 aromatic heterocycles. The van der Waals surface area contributed by atoms with Gasteiger partial charge in [-0.15, -0.1) is 0 Å². The molecule has 1 heterocycles. The number of aliphatic carboxylic acids is 1. The van der Waals surface area contributed by atoms with Crippen LogP contribution in [0, 0.1) is 0 Å². The second-order valence-corrected chi connectivity index (χ2v) is 7.63. The molecule has 0 radical (unpaired) electrons. The maximum absolute atomic E-state index is 13.0. The Labute approximate surface area is 194 Å². The first kappa shape index (κ1) is 26.3. The molecule has 0 saturated carbocycles. The lowest BCUT2D eigenvalue weighted by Crippen LogP contribution is -2.57. The number of phenolic OH excluding ortho intramolecular Hbond substituents is 1. The molecule has 0 aliphatic heterocycles. The summed E-state index contributed by atoms with van der Waals surface area (Å²) in [4.78, 5) is 55.8. The first-order valence-corrected chi connectivity index (χ1v) is 10.4. The highest BCUT2D eigenvalue weighted by Crippen LogP contribution is 2.12. The van der Waals surface area contributed by atoms with Crippen molar-refractivity contribution >= 4 is 23.7 Å². The lowest BCUT2D eigenvalue weighted by Gasteiger charge is -2.23. The third-order valence-electron chi connectivity index (χ3n) is 4.89. The van der Waals surface area contributed by atoms with Crippen molar-refractivity contribution in [2.75, 3.05) is 6.61 Å². The number of phenols is 1. The van der Waals surface area contributed by atoms with Gasteiger partial charge in [0.05, 0.1) is 12.9 Å². The molecule has 34 heavy (non-hydrogen) atoms. The first-order chi connectivity index (χ1) is 16.1. The SMILES string of the molecule is CC(NC(=O)C(N)CO)C(=O)NC(Cc1cnc[nH]1)C(=O)NC(Cc1ccc(O)cc1)C(=O)O. The normalized spacial score (nSPS) is 14.3. The minimum Gasteiger partial charge on any atom is -0.508 e. The average Bonchev–Trinajstić information content (AvgIpc) is 3.31. The average molecular weight is 476 g/mol. The Morgan fingerprint density at radius 2 is 1.65 bits per heavy atom. The Morgan fingerprint density at radius 3 is 2.21 bits per heavy atom. The molecule has 13 nitrogen and oxygen atoms in total. The lowest BCUT2D eigenvalue weighted by molar-refractivity contribution is -0.142. The summed E-state index contributed by atoms with van der Waals surface area (Å²) in [5.41, 5.74) is 6.49. The monoisotopic (exact) mass is 476 g/mol. The van der Waals surface area contributed by atoms with Crippen LogP contribution in [-0.4, -0.2) is 79.8 Å². The Morgan fingerprint density at radius 1 is 1.00 bits per heavy atom. The topological polar surface area (TPSA) is 220 Å². The molecule has 184 valence electrons. The lowest BCUT2D eigenvalue weighted by atomic mass is 10.0. The van der Waals surface area contributed by atoms with Crippen molar-refractivity contribution in [2.45, 2.75) is 43.9 Å². The molecule has 0 saturated heterocycles. The number of aliphatic hydroxyl groups is 1. The van der Waals surface area contributed by atoms with E-state index in [-0.39, 0.29) is 18.6 Å². The van der Waals surface area contributed by atoms with Crippen LogP contribution < -0.4 is 21.7 Å². The number of nitrogens with zero attached hydrogens (tertiary/aromatic N) is 1. The highest BCUT2D eigenvalue weighted by atomic mass is 16.4. The summed E-state index contributed by atoms with van der Waals surface area (Å²) in [5, 5.41) is 35.2. The van der Waals surface area contributed by atoms with Gasteiger partial charge in [0.15, 0.2) is 0 Å². The summed E-state index contributed by atoms with van der Waals surface area (Å²) in [6, 6.07) is 1.06. The third kappa shape index (κ3) is 7.86. The van der Waals surface area contributed by atoms with Gasteiger partial charge >= 0.3 is 5.97 Å². The van der Waals surface area contributed by atoms with Crippen LogP contribution in [-0.2, 0) is 32.0 Å². The van der Waals surface area contributed by atoms with Gasteiger partial charge < -0.3 is 42.0 Å². The Bertz CT molecular complexity index is 980. The fraction of sp³-hybridized carbons (Fsp3) is 0.381. The molecule has 1 aromatic carbocycles. The standard InChI is InChI=1S/C21H28N6O7/c1-11(25-19(31)15(22)9-28)18(30)26-16(7-13-8-23-10-24-13)20(32)27-17(21(33)34)6-12-2-4-14(29)5-3-12/h2-5,8,10-11,15-17,28-29H,6-7,9,22H2,1H3,(H,23,24)(H,25,31)(H,26,30)(H,27,32)(H,33,34). The molecular weight excluding hydrogens is 448 g/mol. The molecule has 3 amide bonds. The third-order valence-corrected chi connectivity index (χ3v) is 4.89. The van der Waals surface area contributed by atoms with Gasteiger partial charge in [-0.3, -0.25) is 14.4 Å². The largest absolute Gasteiger partial charge is 0.508 e. The summed E-state index contributed by atoms with van der Waals surface area (Å²) >= 11 is 0. The van der Waals surface area contributed by atoms with Gasteiger partial charge in [-0.05, 0) is 24.6 Å². The number of nitrogens with one attached hydrogen (secondary N) is 4. The van der Waals surface area contributed by atoms with Gasteiger partial charge in [-0.25, -0.2) is 9.78 Å². The number of rotatable bonds is 12. The molecule has 4 unspecified atom stereocenters. The zero-order valence-corrected chi connectivity index (χ0v) is 18.4. The molecule has 2 aromatic rings. The minimum atomic E-state index is -1.31. The number of carboxylic acid groups (broad SMARTS) is 1. The van der Waals surface area contributed by atoms with Crippen molar-refractivity contribution in [1.82, 2.24) is 25.9 Å². The predicted octanol–water partition coefficient (Wildman–Crippen LogP) is -2.22. The van der Waals surface area contributed by atoms with Crippen molar-refractivity contribution < 1.29 is 34.5 Å². The summed E-state index contributed by atoms with van der Waals surface area (Å²) in [6.45, 7) is 0.760. The number of benzene rings is 1. The van der Waals surface area contributed by atoms with Crippen molar-refractivity contribution in [3.8, 4) is 5.75 Å². The fourth-order valence-corrected chi connectivity index (χ4v) is 2.93. The second kappa shape index (κ2) is 12.3. The fourth-order valence-electron chi connectivity index (χ4n) is 2.93. The van der Waals surface area contributed by atoms with Crippen LogP contribution in [0.2, 0.25) is 0 Å². The van der Waals surface area contributed by atoms with Crippen molar-refractivity contribution in [3.63, 3.8) is 0 Å². The van der Waals surface area contributed by atoms with Gasteiger partial charge in [0, 0.05) is 24.7 Å². The van der Waals surface area contributed by atoms with Crippen LogP contribution in [0.25, 0.3) is 0 Å². The maximum Gasteiger partial charge on any atom is 0.326 e. The van der Waals surface area contributed by atoms with Crippen LogP contribution in [0.4, 0.5) is 0 Å². The molecule has 9 N–H and O–H groups in total. The summed E-state index contributed by atoms with van der Waals surface area (Å²) in [5.74, 6) is -3.50. The molecule has 2 rings (SSSR count). The zero-order valence-electron chi connectivity index (χ0n) is 18.4. The number of hydrogen-bond donors (Lipinski definition) is 8. The number of carbonyl (C=O) groups is 4. The zero-order chi connectivity index (χ0) is 25.3. The van der Waals surface area contributed by atoms with Crippen LogP contribution in [0.5, 0.6) is 5.75 Å². The Kier molecular flexibility index (Phi) is 9.52. The quantitative estimate of drug-likeness (QED) is 0.166. The molecule has 13 heteroatoms. The van der Waals surface area contributed by atoms with E-state index in [0.717, 1.165) is 0 Å². The summed E-state index contributed by atoms with van der Waals surface area (Å²) < 4.78 is 0. The van der Waals surface area contributed by atoms with E-state index >= 15 is 0 Å². The minimum absolute atomic E-state index is 0.0168. The smallest absolute Gasteiger partial charge is 0.326 e. The van der Waals surface area contributed by atoms with Gasteiger partial charge in [-0.2, -0.15) is 0 Å². The van der Waals surface area contributed by atoms with Crippen LogP contribution >= 0.6 is 0 Å². The van der Waals surface area contributed by atoms with Gasteiger partial charge in [0.1, 0.15) is 29.9 Å². The van der Waals surface area contributed by atoms with Crippen molar-refractivity contribution in [3.05, 3.63) is 48.0 Å².